The quantitative estimate of drug-likeness (QED) is 0.275. The first-order chi connectivity index (χ1) is 16.2. The van der Waals surface area contributed by atoms with Crippen molar-refractivity contribution >= 4 is 40.7 Å². The van der Waals surface area contributed by atoms with E-state index in [0.29, 0.717) is 16.5 Å². The topological polar surface area (TPSA) is 22.0 Å². The van der Waals surface area contributed by atoms with Crippen molar-refractivity contribution in [2.24, 2.45) is 5.41 Å². The smallest absolute Gasteiger partial charge is 0.166 e. The van der Waals surface area contributed by atoms with Crippen LogP contribution in [0.15, 0.2) is 82.6 Å². The molecule has 0 aliphatic heterocycles. The number of ketones is 1. The lowest BCUT2D eigenvalue weighted by molar-refractivity contribution is 0.0908. The molecule has 0 radical (unpaired) electrons. The molecule has 0 amide bonds. The van der Waals surface area contributed by atoms with Gasteiger partial charge in [-0.2, -0.15) is 0 Å². The summed E-state index contributed by atoms with van der Waals surface area (Å²) in [5.41, 5.74) is 6.02. The lowest BCUT2D eigenvalue weighted by atomic mass is 9.76. The van der Waals surface area contributed by atoms with Crippen LogP contribution < -0.4 is 0 Å². The molecule has 1 aliphatic rings. The lowest BCUT2D eigenvalue weighted by Crippen LogP contribution is -2.28. The van der Waals surface area contributed by atoms with Crippen LogP contribution in [-0.2, 0) is 6.42 Å². The van der Waals surface area contributed by atoms with E-state index in [4.69, 9.17) is 23.2 Å². The van der Waals surface area contributed by atoms with E-state index < -0.39 is 0 Å². The van der Waals surface area contributed by atoms with Crippen LogP contribution in [0.5, 0.6) is 0 Å². The zero-order chi connectivity index (χ0) is 24.0. The number of carbonyl (C=O) groups excluding carboxylic acids is 1. The molecule has 0 N–H and O–H groups in total. The van der Waals surface area contributed by atoms with E-state index in [2.05, 4.69) is 49.6 Å². The Balaban J connectivity index is 1.83. The van der Waals surface area contributed by atoms with Gasteiger partial charge in [-0.15, -0.1) is 0 Å². The van der Waals surface area contributed by atoms with Gasteiger partial charge in [0, 0.05) is 37.6 Å². The maximum atomic E-state index is 13.6. The average molecular weight is 506 g/mol. The molecule has 1 heterocycles. The normalized spacial score (nSPS) is 14.8. The zero-order valence-corrected chi connectivity index (χ0v) is 21.7. The number of halogens is 2. The van der Waals surface area contributed by atoms with Gasteiger partial charge in [0.2, 0.25) is 0 Å². The van der Waals surface area contributed by atoms with Gasteiger partial charge in [0.15, 0.2) is 5.78 Å². The molecule has 0 bridgehead atoms. The van der Waals surface area contributed by atoms with E-state index in [1.54, 1.807) is 11.8 Å². The predicted molar refractivity (Wildman–Crippen MR) is 143 cm³/mol. The second kappa shape index (κ2) is 8.96. The minimum Gasteiger partial charge on any atom is -0.312 e. The van der Waals surface area contributed by atoms with Crippen LogP contribution in [0.25, 0.3) is 16.9 Å². The molecule has 1 aromatic heterocycles. The molecule has 0 spiro atoms. The summed E-state index contributed by atoms with van der Waals surface area (Å²) in [5, 5.41) is 1.37. The van der Waals surface area contributed by atoms with Crippen molar-refractivity contribution in [1.82, 2.24) is 4.57 Å². The monoisotopic (exact) mass is 505 g/mol. The first-order valence-electron chi connectivity index (χ1n) is 11.3. The summed E-state index contributed by atoms with van der Waals surface area (Å²) < 4.78 is 2.25. The van der Waals surface area contributed by atoms with Gasteiger partial charge in [0.05, 0.1) is 11.3 Å². The number of Topliss-reactive ketones (excluding diaryl/α,β-unsaturated/α-hetero) is 1. The highest BCUT2D eigenvalue weighted by Gasteiger charge is 2.38. The summed E-state index contributed by atoms with van der Waals surface area (Å²) in [6.07, 6.45) is 1.35. The molecule has 34 heavy (non-hydrogen) atoms. The molecule has 3 aromatic carbocycles. The standard InChI is InChI=1S/C29H25Cl2NOS/c1-18-4-14-23(15-5-18)34-28-26-24(16-29(2,3)17-25(26)33)32(22-12-10-21(31)11-13-22)27(28)19-6-8-20(30)9-7-19/h4-15H,16-17H2,1-3H3. The van der Waals surface area contributed by atoms with Crippen LogP contribution in [0, 0.1) is 12.3 Å². The Morgan fingerprint density at radius 3 is 2.03 bits per heavy atom. The van der Waals surface area contributed by atoms with Crippen molar-refractivity contribution in [3.8, 4) is 16.9 Å². The molecule has 1 aliphatic carbocycles. The number of fused-ring (bicyclic) bond motifs is 1. The molecule has 0 fully saturated rings. The van der Waals surface area contributed by atoms with E-state index >= 15 is 0 Å². The third-order valence-electron chi connectivity index (χ3n) is 6.23. The molecule has 5 heteroatoms. The number of nitrogens with zero attached hydrogens (tertiary/aromatic N) is 1. The molecule has 172 valence electrons. The van der Waals surface area contributed by atoms with E-state index in [-0.39, 0.29) is 11.2 Å². The first kappa shape index (κ1) is 23.3. The van der Waals surface area contributed by atoms with Gasteiger partial charge in [-0.25, -0.2) is 0 Å². The van der Waals surface area contributed by atoms with Crippen molar-refractivity contribution in [2.75, 3.05) is 0 Å². The van der Waals surface area contributed by atoms with Crippen LogP contribution in [-0.4, -0.2) is 10.4 Å². The van der Waals surface area contributed by atoms with E-state index in [0.717, 1.165) is 44.4 Å². The number of aromatic nitrogens is 1. The summed E-state index contributed by atoms with van der Waals surface area (Å²) in [5.74, 6) is 0.198. The molecule has 5 rings (SSSR count). The van der Waals surface area contributed by atoms with Gasteiger partial charge >= 0.3 is 0 Å². The number of rotatable bonds is 4. The fourth-order valence-corrected chi connectivity index (χ4v) is 6.06. The second-order valence-electron chi connectivity index (χ2n) is 9.67. The van der Waals surface area contributed by atoms with Gasteiger partial charge in [-0.05, 0) is 72.9 Å². The van der Waals surface area contributed by atoms with E-state index in [1.165, 1.54) is 5.56 Å². The Morgan fingerprint density at radius 2 is 1.41 bits per heavy atom. The summed E-state index contributed by atoms with van der Waals surface area (Å²) in [7, 11) is 0. The summed E-state index contributed by atoms with van der Waals surface area (Å²) >= 11 is 14.1. The number of benzene rings is 3. The van der Waals surface area contributed by atoms with Crippen LogP contribution in [0.3, 0.4) is 0 Å². The van der Waals surface area contributed by atoms with Crippen molar-refractivity contribution in [1.29, 1.82) is 0 Å². The molecule has 4 aromatic rings. The van der Waals surface area contributed by atoms with Crippen LogP contribution in [0.4, 0.5) is 0 Å². The van der Waals surface area contributed by atoms with E-state index in [1.807, 2.05) is 48.5 Å². The highest BCUT2D eigenvalue weighted by atomic mass is 35.5. The van der Waals surface area contributed by atoms with E-state index in [9.17, 15) is 4.79 Å². The number of hydrogen-bond donors (Lipinski definition) is 0. The number of aryl methyl sites for hydroxylation is 1. The van der Waals surface area contributed by atoms with Gasteiger partial charge < -0.3 is 4.57 Å². The summed E-state index contributed by atoms with van der Waals surface area (Å²) in [4.78, 5) is 15.7. The molecule has 0 unspecified atom stereocenters. The summed E-state index contributed by atoms with van der Waals surface area (Å²) in [6, 6.07) is 24.2. The Hall–Kier alpha value is -2.46. The summed E-state index contributed by atoms with van der Waals surface area (Å²) in [6.45, 7) is 6.42. The van der Waals surface area contributed by atoms with Crippen molar-refractivity contribution in [2.45, 2.75) is 43.4 Å². The zero-order valence-electron chi connectivity index (χ0n) is 19.4. The minimum atomic E-state index is -0.115. The fourth-order valence-electron chi connectivity index (χ4n) is 4.66. The molecule has 0 saturated heterocycles. The maximum Gasteiger partial charge on any atom is 0.166 e. The third kappa shape index (κ3) is 4.45. The number of hydrogen-bond acceptors (Lipinski definition) is 2. The third-order valence-corrected chi connectivity index (χ3v) is 7.84. The van der Waals surface area contributed by atoms with Crippen LogP contribution in [0.2, 0.25) is 10.0 Å². The Morgan fingerprint density at radius 1 is 0.824 bits per heavy atom. The predicted octanol–water partition coefficient (Wildman–Crippen LogP) is 9.07. The fraction of sp³-hybridized carbons (Fsp3) is 0.207. The molecular weight excluding hydrogens is 481 g/mol. The SMILES string of the molecule is Cc1ccc(Sc2c3c(n(-c4ccc(Cl)cc4)c2-c2ccc(Cl)cc2)CC(C)(C)CC3=O)cc1. The van der Waals surface area contributed by atoms with Crippen LogP contribution >= 0.6 is 35.0 Å². The maximum absolute atomic E-state index is 13.6. The number of carbonyl (C=O) groups is 1. The largest absolute Gasteiger partial charge is 0.312 e. The van der Waals surface area contributed by atoms with Gasteiger partial charge in [-0.3, -0.25) is 4.79 Å². The lowest BCUT2D eigenvalue weighted by Gasteiger charge is -2.30. The average Bonchev–Trinajstić information content (AvgIpc) is 3.09. The van der Waals surface area contributed by atoms with Crippen molar-refractivity contribution in [3.63, 3.8) is 0 Å². The first-order valence-corrected chi connectivity index (χ1v) is 12.9. The van der Waals surface area contributed by atoms with Crippen LogP contribution in [0.1, 0.15) is 41.9 Å². The molecule has 0 saturated carbocycles. The minimum absolute atomic E-state index is 0.115. The Bertz CT molecular complexity index is 1370. The molecular formula is C29H25Cl2NOS. The van der Waals surface area contributed by atoms with Crippen molar-refractivity contribution < 1.29 is 4.79 Å². The van der Waals surface area contributed by atoms with Gasteiger partial charge in [-0.1, -0.05) is 78.6 Å². The molecule has 0 atom stereocenters. The van der Waals surface area contributed by atoms with Gasteiger partial charge in [0.25, 0.3) is 0 Å². The van der Waals surface area contributed by atoms with Gasteiger partial charge in [0.1, 0.15) is 0 Å². The highest BCUT2D eigenvalue weighted by Crippen LogP contribution is 2.48. The molecule has 2 nitrogen and oxygen atoms in total. The Labute approximate surface area is 214 Å². The van der Waals surface area contributed by atoms with Crippen molar-refractivity contribution in [3.05, 3.63) is 99.7 Å². The highest BCUT2D eigenvalue weighted by molar-refractivity contribution is 7.99. The second-order valence-corrected chi connectivity index (χ2v) is 11.6. The Kier molecular flexibility index (Phi) is 6.14.